The molecule has 2 aromatic heterocycles. The van der Waals surface area contributed by atoms with Crippen LogP contribution in [-0.2, 0) is 7.05 Å². The van der Waals surface area contributed by atoms with E-state index in [1.807, 2.05) is 55.3 Å². The molecule has 3 heterocycles. The molecule has 1 unspecified atom stereocenters. The average molecular weight is 377 g/mol. The van der Waals surface area contributed by atoms with Crippen molar-refractivity contribution in [2.45, 2.75) is 32.2 Å². The van der Waals surface area contributed by atoms with Gasteiger partial charge in [-0.2, -0.15) is 4.98 Å². The Labute approximate surface area is 164 Å². The topological polar surface area (TPSA) is 73.1 Å². The minimum absolute atomic E-state index is 0.0900. The van der Waals surface area contributed by atoms with Gasteiger partial charge in [0.1, 0.15) is 5.75 Å². The van der Waals surface area contributed by atoms with Gasteiger partial charge in [-0.1, -0.05) is 18.2 Å². The number of likely N-dealkylation sites (tertiary alicyclic amines) is 1. The van der Waals surface area contributed by atoms with E-state index in [1.165, 1.54) is 0 Å². The van der Waals surface area contributed by atoms with E-state index in [2.05, 4.69) is 15.0 Å². The Morgan fingerprint density at radius 1 is 1.18 bits per heavy atom. The maximum Gasteiger partial charge on any atom is 0.290 e. The SMILES string of the molecule is Cc1cc(Oc2ccccc2)nc(C2CCCCN2C(=O)c2nccn2C)n1. The molecule has 1 atom stereocenters. The first kappa shape index (κ1) is 18.2. The number of amides is 1. The molecule has 0 radical (unpaired) electrons. The summed E-state index contributed by atoms with van der Waals surface area (Å²) >= 11 is 0. The fraction of sp³-hybridized carbons (Fsp3) is 0.333. The molecule has 1 aromatic carbocycles. The summed E-state index contributed by atoms with van der Waals surface area (Å²) in [4.78, 5) is 28.4. The lowest BCUT2D eigenvalue weighted by molar-refractivity contribution is 0.0582. The van der Waals surface area contributed by atoms with Crippen LogP contribution in [0.15, 0.2) is 48.8 Å². The van der Waals surface area contributed by atoms with Crippen molar-refractivity contribution in [3.63, 3.8) is 0 Å². The summed E-state index contributed by atoms with van der Waals surface area (Å²) in [5.74, 6) is 2.17. The molecule has 28 heavy (non-hydrogen) atoms. The second-order valence-electron chi connectivity index (χ2n) is 6.99. The molecule has 0 saturated carbocycles. The summed E-state index contributed by atoms with van der Waals surface area (Å²) in [7, 11) is 1.83. The number of nitrogens with zero attached hydrogens (tertiary/aromatic N) is 5. The number of ether oxygens (including phenoxy) is 1. The van der Waals surface area contributed by atoms with Crippen molar-refractivity contribution >= 4 is 5.91 Å². The summed E-state index contributed by atoms with van der Waals surface area (Å²) < 4.78 is 7.65. The number of para-hydroxylation sites is 1. The first-order valence-corrected chi connectivity index (χ1v) is 9.48. The fourth-order valence-corrected chi connectivity index (χ4v) is 3.52. The number of hydrogen-bond donors (Lipinski definition) is 0. The zero-order chi connectivity index (χ0) is 19.5. The molecule has 0 spiro atoms. The highest BCUT2D eigenvalue weighted by Gasteiger charge is 2.32. The third-order valence-electron chi connectivity index (χ3n) is 4.89. The molecule has 0 bridgehead atoms. The number of carbonyl (C=O) groups is 1. The predicted molar refractivity (Wildman–Crippen MR) is 104 cm³/mol. The van der Waals surface area contributed by atoms with Crippen LogP contribution in [0, 0.1) is 6.92 Å². The minimum atomic E-state index is -0.184. The van der Waals surface area contributed by atoms with Gasteiger partial charge in [-0.15, -0.1) is 0 Å². The van der Waals surface area contributed by atoms with Crippen molar-refractivity contribution in [3.8, 4) is 11.6 Å². The molecule has 0 N–H and O–H groups in total. The fourth-order valence-electron chi connectivity index (χ4n) is 3.52. The van der Waals surface area contributed by atoms with Gasteiger partial charge in [0, 0.05) is 37.7 Å². The van der Waals surface area contributed by atoms with Gasteiger partial charge in [0.15, 0.2) is 11.6 Å². The van der Waals surface area contributed by atoms with E-state index in [0.717, 1.165) is 30.7 Å². The lowest BCUT2D eigenvalue weighted by atomic mass is 10.0. The Morgan fingerprint density at radius 2 is 2.00 bits per heavy atom. The van der Waals surface area contributed by atoms with E-state index in [9.17, 15) is 4.79 Å². The van der Waals surface area contributed by atoms with Crippen molar-refractivity contribution in [2.75, 3.05) is 6.54 Å². The normalized spacial score (nSPS) is 16.8. The zero-order valence-corrected chi connectivity index (χ0v) is 16.1. The largest absolute Gasteiger partial charge is 0.439 e. The molecule has 1 saturated heterocycles. The summed E-state index contributed by atoms with van der Waals surface area (Å²) in [6, 6.07) is 11.2. The Balaban J connectivity index is 1.64. The van der Waals surface area contributed by atoms with Gasteiger partial charge < -0.3 is 14.2 Å². The van der Waals surface area contributed by atoms with Gasteiger partial charge in [0.05, 0.1) is 6.04 Å². The molecule has 144 valence electrons. The first-order chi connectivity index (χ1) is 13.6. The van der Waals surface area contributed by atoms with Gasteiger partial charge in [0.2, 0.25) is 5.88 Å². The predicted octanol–water partition coefficient (Wildman–Crippen LogP) is 3.68. The summed E-state index contributed by atoms with van der Waals surface area (Å²) in [6.45, 7) is 2.58. The van der Waals surface area contributed by atoms with E-state index >= 15 is 0 Å². The monoisotopic (exact) mass is 377 g/mol. The molecule has 1 aliphatic rings. The summed E-state index contributed by atoms with van der Waals surface area (Å²) in [5.41, 5.74) is 0.811. The quantitative estimate of drug-likeness (QED) is 0.693. The van der Waals surface area contributed by atoms with E-state index in [0.29, 0.717) is 24.1 Å². The average Bonchev–Trinajstić information content (AvgIpc) is 3.13. The zero-order valence-electron chi connectivity index (χ0n) is 16.1. The smallest absolute Gasteiger partial charge is 0.290 e. The second-order valence-corrected chi connectivity index (χ2v) is 6.99. The number of aromatic nitrogens is 4. The molecule has 7 heteroatoms. The van der Waals surface area contributed by atoms with Gasteiger partial charge in [0.25, 0.3) is 5.91 Å². The third-order valence-corrected chi connectivity index (χ3v) is 4.89. The molecule has 4 rings (SSSR count). The van der Waals surface area contributed by atoms with E-state index in [1.54, 1.807) is 17.0 Å². The molecule has 7 nitrogen and oxygen atoms in total. The number of aryl methyl sites for hydroxylation is 2. The highest BCUT2D eigenvalue weighted by atomic mass is 16.5. The van der Waals surface area contributed by atoms with Crippen LogP contribution in [0.3, 0.4) is 0 Å². The van der Waals surface area contributed by atoms with E-state index in [4.69, 9.17) is 4.74 Å². The van der Waals surface area contributed by atoms with Crippen LogP contribution < -0.4 is 4.74 Å². The number of carbonyl (C=O) groups excluding carboxylic acids is 1. The van der Waals surface area contributed by atoms with Crippen molar-refractivity contribution in [2.24, 2.45) is 7.05 Å². The lowest BCUT2D eigenvalue weighted by Crippen LogP contribution is -2.40. The number of benzene rings is 1. The Morgan fingerprint density at radius 3 is 2.75 bits per heavy atom. The number of piperidine rings is 1. The van der Waals surface area contributed by atoms with Gasteiger partial charge in [-0.25, -0.2) is 9.97 Å². The van der Waals surface area contributed by atoms with Crippen LogP contribution in [0.4, 0.5) is 0 Å². The highest BCUT2D eigenvalue weighted by Crippen LogP contribution is 2.31. The molecular weight excluding hydrogens is 354 g/mol. The Kier molecular flexibility index (Phi) is 5.06. The maximum atomic E-state index is 13.1. The van der Waals surface area contributed by atoms with Crippen molar-refractivity contribution in [3.05, 3.63) is 66.1 Å². The van der Waals surface area contributed by atoms with Crippen LogP contribution in [0.1, 0.15) is 47.4 Å². The molecule has 0 aliphatic carbocycles. The van der Waals surface area contributed by atoms with Gasteiger partial charge in [-0.3, -0.25) is 4.79 Å². The van der Waals surface area contributed by atoms with Crippen LogP contribution in [0.5, 0.6) is 11.6 Å². The maximum absolute atomic E-state index is 13.1. The van der Waals surface area contributed by atoms with E-state index in [-0.39, 0.29) is 11.9 Å². The van der Waals surface area contributed by atoms with Crippen molar-refractivity contribution in [1.82, 2.24) is 24.4 Å². The van der Waals surface area contributed by atoms with Crippen LogP contribution in [-0.4, -0.2) is 36.9 Å². The van der Waals surface area contributed by atoms with Gasteiger partial charge >= 0.3 is 0 Å². The van der Waals surface area contributed by atoms with Crippen LogP contribution in [0.25, 0.3) is 0 Å². The third kappa shape index (κ3) is 3.74. The molecule has 3 aromatic rings. The molecular formula is C21H23N5O2. The van der Waals surface area contributed by atoms with Crippen LogP contribution >= 0.6 is 0 Å². The summed E-state index contributed by atoms with van der Waals surface area (Å²) in [6.07, 6.45) is 6.24. The van der Waals surface area contributed by atoms with Gasteiger partial charge in [-0.05, 0) is 38.3 Å². The number of rotatable bonds is 4. The summed E-state index contributed by atoms with van der Waals surface area (Å²) in [5, 5.41) is 0. The number of hydrogen-bond acceptors (Lipinski definition) is 5. The Hall–Kier alpha value is -3.22. The highest BCUT2D eigenvalue weighted by molar-refractivity contribution is 5.91. The molecule has 1 fully saturated rings. The standard InChI is InChI=1S/C21H23N5O2/c1-15-14-18(28-16-8-4-3-5-9-16)24-19(23-15)17-10-6-7-12-26(17)21(27)20-22-11-13-25(20)2/h3-5,8-9,11,13-14,17H,6-7,10,12H2,1-2H3. The van der Waals surface area contributed by atoms with Crippen molar-refractivity contribution in [1.29, 1.82) is 0 Å². The van der Waals surface area contributed by atoms with Crippen LogP contribution in [0.2, 0.25) is 0 Å². The number of imidazole rings is 1. The van der Waals surface area contributed by atoms with E-state index < -0.39 is 0 Å². The first-order valence-electron chi connectivity index (χ1n) is 9.48. The Bertz CT molecular complexity index is 970. The lowest BCUT2D eigenvalue weighted by Gasteiger charge is -2.34. The van der Waals surface area contributed by atoms with Crippen molar-refractivity contribution < 1.29 is 9.53 Å². The molecule has 1 aliphatic heterocycles. The second kappa shape index (κ2) is 7.80. The molecule has 1 amide bonds. The minimum Gasteiger partial charge on any atom is -0.439 e.